The number of aliphatic hydroxyl groups excluding tert-OH is 1. The Balaban J connectivity index is 3.48. The number of allylic oxidation sites excluding steroid dienone is 16. The van der Waals surface area contributed by atoms with Gasteiger partial charge in [-0.25, -0.2) is 0 Å². The molecule has 0 bridgehead atoms. The van der Waals surface area contributed by atoms with E-state index in [1.807, 2.05) is 0 Å². The number of hydrogen-bond acceptors (Lipinski definition) is 5. The van der Waals surface area contributed by atoms with E-state index in [1.54, 1.807) is 0 Å². The molecule has 0 radical (unpaired) electrons. The molecule has 0 amide bonds. The summed E-state index contributed by atoms with van der Waals surface area (Å²) in [6.45, 7) is 4.04. The molecule has 1 N–H and O–H groups in total. The van der Waals surface area contributed by atoms with Crippen LogP contribution >= 0.6 is 0 Å². The van der Waals surface area contributed by atoms with Crippen molar-refractivity contribution in [2.75, 3.05) is 13.2 Å². The lowest BCUT2D eigenvalue weighted by molar-refractivity contribution is -0.161. The highest BCUT2D eigenvalue weighted by Gasteiger charge is 2.16. The Bertz CT molecular complexity index is 1360. The fourth-order valence-corrected chi connectivity index (χ4v) is 8.77. The van der Waals surface area contributed by atoms with Crippen molar-refractivity contribution in [1.29, 1.82) is 0 Å². The summed E-state index contributed by atoms with van der Waals surface area (Å²) in [7, 11) is 0. The average molecular weight is 1000 g/mol. The van der Waals surface area contributed by atoms with Crippen molar-refractivity contribution in [1.82, 2.24) is 0 Å². The van der Waals surface area contributed by atoms with Gasteiger partial charge in [-0.2, -0.15) is 0 Å². The molecule has 72 heavy (non-hydrogen) atoms. The Morgan fingerprint density at radius 1 is 0.333 bits per heavy atom. The highest BCUT2D eigenvalue weighted by Crippen LogP contribution is 2.16. The molecule has 0 aromatic rings. The summed E-state index contributed by atoms with van der Waals surface area (Å²) < 4.78 is 10.7. The predicted molar refractivity (Wildman–Crippen MR) is 316 cm³/mol. The number of esters is 2. The van der Waals surface area contributed by atoms with Crippen LogP contribution in [0, 0.1) is 0 Å². The zero-order valence-corrected chi connectivity index (χ0v) is 47.4. The highest BCUT2D eigenvalue weighted by atomic mass is 16.6. The fraction of sp³-hybridized carbons (Fsp3) is 0.731. The molecule has 0 heterocycles. The third-order valence-corrected chi connectivity index (χ3v) is 13.4. The Morgan fingerprint density at radius 2 is 0.597 bits per heavy atom. The number of hydrogen-bond donors (Lipinski definition) is 1. The van der Waals surface area contributed by atoms with Crippen molar-refractivity contribution in [2.45, 2.75) is 302 Å². The zero-order valence-electron chi connectivity index (χ0n) is 47.4. The minimum Gasteiger partial charge on any atom is -0.462 e. The van der Waals surface area contributed by atoms with E-state index < -0.39 is 6.10 Å². The van der Waals surface area contributed by atoms with Crippen molar-refractivity contribution in [3.63, 3.8) is 0 Å². The van der Waals surface area contributed by atoms with Gasteiger partial charge in [0.15, 0.2) is 6.10 Å². The molecule has 0 rings (SSSR count). The van der Waals surface area contributed by atoms with Crippen molar-refractivity contribution in [3.8, 4) is 0 Å². The van der Waals surface area contributed by atoms with Crippen LogP contribution < -0.4 is 0 Å². The van der Waals surface area contributed by atoms with Crippen LogP contribution in [0.2, 0.25) is 0 Å². The van der Waals surface area contributed by atoms with Crippen LogP contribution in [0.1, 0.15) is 296 Å². The van der Waals surface area contributed by atoms with E-state index in [0.29, 0.717) is 12.8 Å². The van der Waals surface area contributed by atoms with Crippen LogP contribution in [0.25, 0.3) is 0 Å². The predicted octanol–water partition coefficient (Wildman–Crippen LogP) is 21.1. The number of ether oxygens (including phenoxy) is 2. The first-order chi connectivity index (χ1) is 35.6. The van der Waals surface area contributed by atoms with E-state index in [0.717, 1.165) is 83.5 Å². The number of unbranched alkanes of at least 4 members (excludes halogenated alkanes) is 32. The van der Waals surface area contributed by atoms with Crippen molar-refractivity contribution in [2.24, 2.45) is 0 Å². The maximum atomic E-state index is 12.3. The first kappa shape index (κ1) is 68.8. The smallest absolute Gasteiger partial charge is 0.306 e. The molecule has 1 atom stereocenters. The average Bonchev–Trinajstić information content (AvgIpc) is 3.38. The van der Waals surface area contributed by atoms with Crippen LogP contribution in [0.3, 0.4) is 0 Å². The summed E-state index contributed by atoms with van der Waals surface area (Å²) in [5, 5.41) is 9.67. The van der Waals surface area contributed by atoms with E-state index in [-0.39, 0.29) is 25.2 Å². The molecule has 0 aliphatic heterocycles. The lowest BCUT2D eigenvalue weighted by atomic mass is 10.0. The Morgan fingerprint density at radius 3 is 0.903 bits per heavy atom. The van der Waals surface area contributed by atoms with Gasteiger partial charge in [0, 0.05) is 12.8 Å². The third kappa shape index (κ3) is 59.4. The van der Waals surface area contributed by atoms with Crippen LogP contribution in [-0.2, 0) is 19.1 Å². The van der Waals surface area contributed by atoms with Gasteiger partial charge in [-0.3, -0.25) is 9.59 Å². The molecule has 0 spiro atoms. The van der Waals surface area contributed by atoms with Crippen LogP contribution in [0.4, 0.5) is 0 Å². The largest absolute Gasteiger partial charge is 0.462 e. The second kappa shape index (κ2) is 62.1. The van der Waals surface area contributed by atoms with Crippen molar-refractivity contribution < 1.29 is 24.2 Å². The van der Waals surface area contributed by atoms with Crippen molar-refractivity contribution in [3.05, 3.63) is 97.2 Å². The molecule has 0 saturated heterocycles. The Hall–Kier alpha value is -3.18. The van der Waals surface area contributed by atoms with Gasteiger partial charge >= 0.3 is 11.9 Å². The molecule has 0 aromatic heterocycles. The Kier molecular flexibility index (Phi) is 59.4. The summed E-state index contributed by atoms with van der Waals surface area (Å²) in [4.78, 5) is 24.6. The van der Waals surface area contributed by atoms with Crippen LogP contribution in [-0.4, -0.2) is 36.4 Å². The Labute approximate surface area is 447 Å². The van der Waals surface area contributed by atoms with Crippen LogP contribution in [0.15, 0.2) is 97.2 Å². The summed E-state index contributed by atoms with van der Waals surface area (Å²) in [5.41, 5.74) is 0. The first-order valence-corrected chi connectivity index (χ1v) is 30.8. The van der Waals surface area contributed by atoms with E-state index in [9.17, 15) is 14.7 Å². The van der Waals surface area contributed by atoms with Gasteiger partial charge in [0.25, 0.3) is 0 Å². The second-order valence-electron chi connectivity index (χ2n) is 20.4. The van der Waals surface area contributed by atoms with Gasteiger partial charge in [-0.15, -0.1) is 0 Å². The molecule has 0 aliphatic rings. The monoisotopic (exact) mass is 1000 g/mol. The molecule has 414 valence electrons. The number of carbonyl (C=O) groups is 2. The maximum Gasteiger partial charge on any atom is 0.306 e. The normalized spacial score (nSPS) is 12.9. The zero-order chi connectivity index (χ0) is 52.0. The molecule has 0 saturated carbocycles. The second-order valence-corrected chi connectivity index (χ2v) is 20.4. The van der Waals surface area contributed by atoms with E-state index >= 15 is 0 Å². The molecule has 0 aliphatic carbocycles. The molecule has 1 unspecified atom stereocenters. The number of aliphatic hydroxyl groups is 1. The molecular weight excluding hydrogens is 885 g/mol. The van der Waals surface area contributed by atoms with Crippen molar-refractivity contribution >= 4 is 11.9 Å². The summed E-state index contributed by atoms with van der Waals surface area (Å²) >= 11 is 0. The topological polar surface area (TPSA) is 72.8 Å². The lowest BCUT2D eigenvalue weighted by Gasteiger charge is -2.15. The van der Waals surface area contributed by atoms with E-state index in [1.165, 1.54) is 186 Å². The standard InChI is InChI=1S/C67H116O5/c1-3-5-7-9-11-13-15-17-19-21-23-25-27-28-29-30-31-32-33-34-35-36-37-38-40-42-44-46-48-50-52-54-56-58-60-62-67(70)72-65(63-68)64-71-66(69)61-59-57-55-53-51-49-47-45-43-41-39-26-24-22-20-18-16-14-12-10-8-6-4-2/h5,7,11,13,16-19,22-25,28-29,31-32,65,68H,3-4,6,8-10,12,14-15,20-21,26-27,30,33-64H2,1-2H3/b7-5-,13-11-,18-16-,19-17-,24-22-,25-23-,29-28-,32-31-. The van der Waals surface area contributed by atoms with Gasteiger partial charge in [-0.1, -0.05) is 284 Å². The molecule has 5 nitrogen and oxygen atoms in total. The van der Waals surface area contributed by atoms with Crippen LogP contribution in [0.5, 0.6) is 0 Å². The van der Waals surface area contributed by atoms with E-state index in [4.69, 9.17) is 9.47 Å². The SMILES string of the molecule is CC/C=C\C/C=C\C/C=C\C/C=C\C/C=C\C/C=C\CCCCCCCCCCCCCCCCCCC(=O)OC(CO)COC(=O)CCCCCCCCCCCCC/C=C\C/C=C\CCCCCCC. The minimum atomic E-state index is -0.777. The highest BCUT2D eigenvalue weighted by molar-refractivity contribution is 5.70. The number of rotatable bonds is 56. The summed E-state index contributed by atoms with van der Waals surface area (Å²) in [6, 6.07) is 0. The molecular formula is C67H116O5. The third-order valence-electron chi connectivity index (χ3n) is 13.4. The number of carbonyl (C=O) groups excluding carboxylic acids is 2. The lowest BCUT2D eigenvalue weighted by Crippen LogP contribution is -2.28. The minimum absolute atomic E-state index is 0.0679. The molecule has 0 fully saturated rings. The molecule has 5 heteroatoms. The van der Waals surface area contributed by atoms with Gasteiger partial charge in [-0.05, 0) is 96.3 Å². The maximum absolute atomic E-state index is 12.3. The quantitative estimate of drug-likeness (QED) is 0.0373. The van der Waals surface area contributed by atoms with Gasteiger partial charge in [0.1, 0.15) is 6.61 Å². The first-order valence-electron chi connectivity index (χ1n) is 30.8. The van der Waals surface area contributed by atoms with Gasteiger partial charge in [0.2, 0.25) is 0 Å². The van der Waals surface area contributed by atoms with Gasteiger partial charge in [0.05, 0.1) is 6.61 Å². The molecule has 0 aromatic carbocycles. The fourth-order valence-electron chi connectivity index (χ4n) is 8.77. The van der Waals surface area contributed by atoms with E-state index in [2.05, 4.69) is 111 Å². The summed E-state index contributed by atoms with van der Waals surface area (Å²) in [5.74, 6) is -0.585. The van der Waals surface area contributed by atoms with Gasteiger partial charge < -0.3 is 14.6 Å². The summed E-state index contributed by atoms with van der Waals surface area (Å²) in [6.07, 6.45) is 88.2.